The standard InChI is InChI=1S/C34H58N8O14/c35-17-3-1-7-21(41-33(55)23(9-13-27(45)46)39-25(43)11-15-29(49)50)31(53)37-19-5-6-20-38-32(54)22(8-2-4-18-36)42-34(56)24(10-14-28(47)48)40-26(44)12-16-30(51)52/h21-24H,1-20,35-36H2,(H,37,53)(H,38,54)(H,39,43)(H,40,44)(H,41,55)(H,42,56)(H,45,46)(H,47,48)(H,49,50)(H,51,52)/t21-,22-,23-,24-/m0/s1. The Bertz CT molecular complexity index is 1230. The summed E-state index contributed by atoms with van der Waals surface area (Å²) in [5.41, 5.74) is 11.1. The molecule has 0 heterocycles. The second-order valence-corrected chi connectivity index (χ2v) is 12.9. The van der Waals surface area contributed by atoms with E-state index in [-0.39, 0.29) is 38.8 Å². The number of carboxylic acid groups (broad SMARTS) is 4. The van der Waals surface area contributed by atoms with Crippen molar-refractivity contribution in [3.8, 4) is 0 Å². The number of aliphatic carboxylic acids is 4. The second kappa shape index (κ2) is 29.9. The fourth-order valence-corrected chi connectivity index (χ4v) is 5.03. The number of nitrogens with two attached hydrogens (primary N) is 2. The molecular weight excluding hydrogens is 744 g/mol. The van der Waals surface area contributed by atoms with E-state index in [1.54, 1.807) is 0 Å². The van der Waals surface area contributed by atoms with Crippen molar-refractivity contribution >= 4 is 59.3 Å². The lowest BCUT2D eigenvalue weighted by molar-refractivity contribution is -0.140. The maximum atomic E-state index is 13.1. The van der Waals surface area contributed by atoms with Crippen molar-refractivity contribution in [2.75, 3.05) is 26.2 Å². The first-order chi connectivity index (χ1) is 26.5. The number of carboxylic acids is 4. The third kappa shape index (κ3) is 25.6. The molecule has 0 fully saturated rings. The van der Waals surface area contributed by atoms with Crippen LogP contribution in [-0.4, -0.2) is 130 Å². The molecule has 0 aliphatic heterocycles. The van der Waals surface area contributed by atoms with Crippen molar-refractivity contribution in [2.24, 2.45) is 11.5 Å². The van der Waals surface area contributed by atoms with Gasteiger partial charge in [0.05, 0.1) is 12.8 Å². The van der Waals surface area contributed by atoms with Crippen LogP contribution < -0.4 is 43.4 Å². The van der Waals surface area contributed by atoms with Crippen molar-refractivity contribution < 1.29 is 68.4 Å². The molecule has 0 aromatic carbocycles. The molecular formula is C34H58N8O14. The van der Waals surface area contributed by atoms with E-state index in [1.165, 1.54) is 0 Å². The van der Waals surface area contributed by atoms with Crippen LogP contribution in [0.1, 0.15) is 103 Å². The van der Waals surface area contributed by atoms with Crippen molar-refractivity contribution in [3.63, 3.8) is 0 Å². The molecule has 4 atom stereocenters. The summed E-state index contributed by atoms with van der Waals surface area (Å²) in [4.78, 5) is 121. The summed E-state index contributed by atoms with van der Waals surface area (Å²) in [7, 11) is 0. The molecule has 14 N–H and O–H groups in total. The molecule has 0 rings (SSSR count). The highest BCUT2D eigenvalue weighted by atomic mass is 16.4. The Balaban J connectivity index is 5.35. The van der Waals surface area contributed by atoms with Crippen molar-refractivity contribution in [1.29, 1.82) is 0 Å². The van der Waals surface area contributed by atoms with Gasteiger partial charge in [-0.1, -0.05) is 0 Å². The molecule has 0 aliphatic carbocycles. The predicted molar refractivity (Wildman–Crippen MR) is 196 cm³/mol. The second-order valence-electron chi connectivity index (χ2n) is 12.9. The molecule has 0 bridgehead atoms. The maximum Gasteiger partial charge on any atom is 0.303 e. The maximum absolute atomic E-state index is 13.1. The van der Waals surface area contributed by atoms with Gasteiger partial charge in [0.15, 0.2) is 0 Å². The summed E-state index contributed by atoms with van der Waals surface area (Å²) in [6, 6.07) is -4.84. The van der Waals surface area contributed by atoms with Crippen LogP contribution in [0.25, 0.3) is 0 Å². The van der Waals surface area contributed by atoms with Gasteiger partial charge in [-0.05, 0) is 77.3 Å². The molecule has 56 heavy (non-hydrogen) atoms. The monoisotopic (exact) mass is 802 g/mol. The number of unbranched alkanes of at least 4 members (excludes halogenated alkanes) is 3. The number of hydrogen-bond acceptors (Lipinski definition) is 12. The highest BCUT2D eigenvalue weighted by Gasteiger charge is 2.29. The van der Waals surface area contributed by atoms with Crippen LogP contribution in [0.2, 0.25) is 0 Å². The van der Waals surface area contributed by atoms with Gasteiger partial charge in [-0.3, -0.25) is 47.9 Å². The Morgan fingerprint density at radius 2 is 0.696 bits per heavy atom. The van der Waals surface area contributed by atoms with Crippen LogP contribution in [0.3, 0.4) is 0 Å². The van der Waals surface area contributed by atoms with Crippen LogP contribution >= 0.6 is 0 Å². The van der Waals surface area contributed by atoms with Gasteiger partial charge in [-0.15, -0.1) is 0 Å². The zero-order chi connectivity index (χ0) is 42.5. The third-order valence-electron chi connectivity index (χ3n) is 8.09. The Hall–Kier alpha value is -5.38. The Morgan fingerprint density at radius 3 is 1.00 bits per heavy atom. The smallest absolute Gasteiger partial charge is 0.303 e. The fraction of sp³-hybridized carbons (Fsp3) is 0.706. The highest BCUT2D eigenvalue weighted by molar-refractivity contribution is 5.93. The lowest BCUT2D eigenvalue weighted by Crippen LogP contribution is -2.54. The first-order valence-corrected chi connectivity index (χ1v) is 18.5. The average molecular weight is 803 g/mol. The lowest BCUT2D eigenvalue weighted by Gasteiger charge is -2.23. The zero-order valence-corrected chi connectivity index (χ0v) is 31.5. The van der Waals surface area contributed by atoms with E-state index in [0.29, 0.717) is 51.6 Å². The number of nitrogens with one attached hydrogen (secondary N) is 6. The summed E-state index contributed by atoms with van der Waals surface area (Å²) in [5, 5.41) is 50.9. The highest BCUT2D eigenvalue weighted by Crippen LogP contribution is 2.07. The van der Waals surface area contributed by atoms with Crippen LogP contribution in [-0.2, 0) is 47.9 Å². The molecule has 0 saturated heterocycles. The van der Waals surface area contributed by atoms with E-state index >= 15 is 0 Å². The first kappa shape index (κ1) is 50.6. The normalized spacial score (nSPS) is 12.8. The zero-order valence-electron chi connectivity index (χ0n) is 31.5. The SMILES string of the molecule is NCCCC[C@H](NC(=O)[C@H](CCC(=O)O)NC(=O)CCC(=O)O)C(=O)NCCCCNC(=O)[C@H](CCCCN)NC(=O)[C@H](CCC(=O)O)NC(=O)CCC(=O)O. The summed E-state index contributed by atoms with van der Waals surface area (Å²) >= 11 is 0. The van der Waals surface area contributed by atoms with Crippen LogP contribution in [0.5, 0.6) is 0 Å². The van der Waals surface area contributed by atoms with E-state index in [1.807, 2.05) is 0 Å². The fourth-order valence-electron chi connectivity index (χ4n) is 5.03. The van der Waals surface area contributed by atoms with Gasteiger partial charge in [-0.25, -0.2) is 0 Å². The van der Waals surface area contributed by atoms with Crippen LogP contribution in [0.4, 0.5) is 0 Å². The molecule has 0 saturated carbocycles. The van der Waals surface area contributed by atoms with Gasteiger partial charge >= 0.3 is 23.9 Å². The van der Waals surface area contributed by atoms with Gasteiger partial charge in [0.1, 0.15) is 24.2 Å². The average Bonchev–Trinajstić information content (AvgIpc) is 3.13. The topological polar surface area (TPSA) is 376 Å². The van der Waals surface area contributed by atoms with Gasteiger partial charge < -0.3 is 63.8 Å². The number of amides is 6. The van der Waals surface area contributed by atoms with E-state index in [0.717, 1.165) is 0 Å². The molecule has 318 valence electrons. The van der Waals surface area contributed by atoms with E-state index < -0.39 is 122 Å². The number of carbonyl (C=O) groups is 10. The van der Waals surface area contributed by atoms with Gasteiger partial charge in [0, 0.05) is 38.8 Å². The Morgan fingerprint density at radius 1 is 0.375 bits per heavy atom. The van der Waals surface area contributed by atoms with Crippen LogP contribution in [0.15, 0.2) is 0 Å². The van der Waals surface area contributed by atoms with Crippen molar-refractivity contribution in [2.45, 2.75) is 127 Å². The molecule has 22 heteroatoms. The summed E-state index contributed by atoms with van der Waals surface area (Å²) < 4.78 is 0. The van der Waals surface area contributed by atoms with Crippen molar-refractivity contribution in [3.05, 3.63) is 0 Å². The Kier molecular flexibility index (Phi) is 27.0. The number of rotatable bonds is 33. The summed E-state index contributed by atoms with van der Waals surface area (Å²) in [6.07, 6.45) is -0.450. The molecule has 0 radical (unpaired) electrons. The van der Waals surface area contributed by atoms with Gasteiger partial charge in [-0.2, -0.15) is 0 Å². The molecule has 0 unspecified atom stereocenters. The molecule has 0 aliphatic rings. The summed E-state index contributed by atoms with van der Waals surface area (Å²) in [6.45, 7) is 0.886. The third-order valence-corrected chi connectivity index (χ3v) is 8.09. The summed E-state index contributed by atoms with van der Waals surface area (Å²) in [5.74, 6) is -9.29. The van der Waals surface area contributed by atoms with Crippen molar-refractivity contribution in [1.82, 2.24) is 31.9 Å². The minimum absolute atomic E-state index is 0.121. The van der Waals surface area contributed by atoms with Gasteiger partial charge in [0.25, 0.3) is 0 Å². The Labute approximate surface area is 324 Å². The molecule has 0 aromatic heterocycles. The quantitative estimate of drug-likeness (QED) is 0.0309. The molecule has 6 amide bonds. The van der Waals surface area contributed by atoms with Crippen LogP contribution in [0, 0.1) is 0 Å². The largest absolute Gasteiger partial charge is 0.481 e. The van der Waals surface area contributed by atoms with E-state index in [4.69, 9.17) is 31.9 Å². The number of hydrogen-bond donors (Lipinski definition) is 12. The van der Waals surface area contributed by atoms with E-state index in [2.05, 4.69) is 31.9 Å². The number of carbonyl (C=O) groups excluding carboxylic acids is 6. The first-order valence-electron chi connectivity index (χ1n) is 18.5. The predicted octanol–water partition coefficient (Wildman–Crippen LogP) is -2.34. The minimum atomic E-state index is -1.34. The molecule has 0 spiro atoms. The minimum Gasteiger partial charge on any atom is -0.481 e. The van der Waals surface area contributed by atoms with E-state index in [9.17, 15) is 47.9 Å². The molecule has 0 aromatic rings. The van der Waals surface area contributed by atoms with Gasteiger partial charge in [0.2, 0.25) is 35.4 Å². The lowest BCUT2D eigenvalue weighted by atomic mass is 10.1. The molecule has 22 nitrogen and oxygen atoms in total.